The Morgan fingerprint density at radius 3 is 2.04 bits per heavy atom. The fourth-order valence-electron chi connectivity index (χ4n) is 5.69. The smallest absolute Gasteiger partial charge is 0.246 e. The number of amides is 2. The molecule has 4 saturated carbocycles. The van der Waals surface area contributed by atoms with Crippen LogP contribution in [0.15, 0.2) is 24.3 Å². The first-order valence-corrected chi connectivity index (χ1v) is 9.62. The van der Waals surface area contributed by atoms with Gasteiger partial charge in [0.2, 0.25) is 11.8 Å². The molecular formula is C21H28N2O2. The lowest BCUT2D eigenvalue weighted by atomic mass is 9.49. The summed E-state index contributed by atoms with van der Waals surface area (Å²) >= 11 is 0. The molecule has 4 nitrogen and oxygen atoms in total. The summed E-state index contributed by atoms with van der Waals surface area (Å²) in [7, 11) is 0. The van der Waals surface area contributed by atoms with Gasteiger partial charge in [-0.15, -0.1) is 0 Å². The average molecular weight is 340 g/mol. The van der Waals surface area contributed by atoms with Crippen molar-refractivity contribution < 1.29 is 9.59 Å². The van der Waals surface area contributed by atoms with Crippen molar-refractivity contribution in [3.05, 3.63) is 29.8 Å². The molecule has 0 saturated heterocycles. The van der Waals surface area contributed by atoms with Crippen LogP contribution in [0.5, 0.6) is 0 Å². The topological polar surface area (TPSA) is 58.2 Å². The summed E-state index contributed by atoms with van der Waals surface area (Å²) in [5.41, 5.74) is 1.72. The summed E-state index contributed by atoms with van der Waals surface area (Å²) in [6, 6.07) is 7.20. The highest BCUT2D eigenvalue weighted by Gasteiger charge is 2.54. The summed E-state index contributed by atoms with van der Waals surface area (Å²) < 4.78 is 0. The molecule has 2 N–H and O–H groups in total. The summed E-state index contributed by atoms with van der Waals surface area (Å²) in [5.74, 6) is 2.15. The molecule has 4 heteroatoms. The normalized spacial score (nSPS) is 33.8. The molecular weight excluding hydrogens is 312 g/mol. The second-order valence-corrected chi connectivity index (χ2v) is 8.75. The predicted molar refractivity (Wildman–Crippen MR) is 98.0 cm³/mol. The molecule has 0 unspecified atom stereocenters. The first-order chi connectivity index (χ1) is 11.9. The van der Waals surface area contributed by atoms with Crippen LogP contribution in [0, 0.1) is 30.1 Å². The van der Waals surface area contributed by atoms with Crippen LogP contribution in [0.2, 0.25) is 0 Å². The third kappa shape index (κ3) is 3.19. The first-order valence-electron chi connectivity index (χ1n) is 9.62. The maximum Gasteiger partial charge on any atom is 0.246 e. The van der Waals surface area contributed by atoms with Gasteiger partial charge in [0, 0.05) is 11.1 Å². The van der Waals surface area contributed by atoms with Crippen LogP contribution in [0.1, 0.15) is 51.0 Å². The minimum absolute atomic E-state index is 0.109. The third-order valence-corrected chi connectivity index (χ3v) is 6.58. The Bertz CT molecular complexity index is 644. The lowest BCUT2D eigenvalue weighted by Gasteiger charge is -2.55. The van der Waals surface area contributed by atoms with E-state index in [1.165, 1.54) is 19.3 Å². The summed E-state index contributed by atoms with van der Waals surface area (Å²) in [6.07, 6.45) is 7.02. The molecule has 0 heterocycles. The second-order valence-electron chi connectivity index (χ2n) is 8.75. The molecule has 0 aliphatic heterocycles. The number of nitrogens with one attached hydrogen (secondary N) is 2. The maximum absolute atomic E-state index is 13.0. The van der Waals surface area contributed by atoms with Gasteiger partial charge in [0.1, 0.15) is 6.04 Å². The van der Waals surface area contributed by atoms with Crippen molar-refractivity contribution >= 4 is 17.5 Å². The summed E-state index contributed by atoms with van der Waals surface area (Å²) in [5, 5.41) is 5.91. The zero-order chi connectivity index (χ0) is 17.6. The van der Waals surface area contributed by atoms with E-state index in [2.05, 4.69) is 10.6 Å². The fourth-order valence-corrected chi connectivity index (χ4v) is 5.69. The van der Waals surface area contributed by atoms with E-state index in [1.54, 1.807) is 6.92 Å². The molecule has 1 aromatic carbocycles. The van der Waals surface area contributed by atoms with Gasteiger partial charge in [-0.2, -0.15) is 0 Å². The van der Waals surface area contributed by atoms with Crippen LogP contribution < -0.4 is 10.6 Å². The lowest BCUT2D eigenvalue weighted by molar-refractivity contribution is -0.147. The van der Waals surface area contributed by atoms with E-state index < -0.39 is 6.04 Å². The van der Waals surface area contributed by atoms with Gasteiger partial charge < -0.3 is 10.6 Å². The van der Waals surface area contributed by atoms with Gasteiger partial charge in [0.05, 0.1) is 0 Å². The number of rotatable bonds is 4. The Kier molecular flexibility index (Phi) is 4.09. The highest BCUT2D eigenvalue weighted by Crippen LogP contribution is 2.60. The molecule has 1 aromatic rings. The van der Waals surface area contributed by atoms with E-state index in [9.17, 15) is 9.59 Å². The molecule has 0 aromatic heterocycles. The molecule has 4 aliphatic rings. The molecule has 5 rings (SSSR count). The zero-order valence-corrected chi connectivity index (χ0v) is 15.2. The van der Waals surface area contributed by atoms with Crippen molar-refractivity contribution in [2.45, 2.75) is 58.4 Å². The lowest BCUT2D eigenvalue weighted by Crippen LogP contribution is -2.56. The Balaban J connectivity index is 1.38. The highest BCUT2D eigenvalue weighted by atomic mass is 16.2. The number of hydrogen-bond donors (Lipinski definition) is 2. The van der Waals surface area contributed by atoms with Crippen LogP contribution >= 0.6 is 0 Å². The number of benzene rings is 1. The van der Waals surface area contributed by atoms with Crippen molar-refractivity contribution in [2.75, 3.05) is 5.32 Å². The van der Waals surface area contributed by atoms with Gasteiger partial charge in [0.15, 0.2) is 0 Å². The van der Waals surface area contributed by atoms with Gasteiger partial charge in [-0.05, 0) is 82.3 Å². The van der Waals surface area contributed by atoms with Gasteiger partial charge >= 0.3 is 0 Å². The van der Waals surface area contributed by atoms with Gasteiger partial charge in [-0.3, -0.25) is 9.59 Å². The number of carbonyl (C=O) groups is 2. The molecule has 25 heavy (non-hydrogen) atoms. The second kappa shape index (κ2) is 6.15. The van der Waals surface area contributed by atoms with Crippen LogP contribution in [-0.4, -0.2) is 17.9 Å². The van der Waals surface area contributed by atoms with Gasteiger partial charge in [-0.1, -0.05) is 17.7 Å². The fraction of sp³-hybridized carbons (Fsp3) is 0.619. The number of anilines is 1. The van der Waals surface area contributed by atoms with Gasteiger partial charge in [0.25, 0.3) is 0 Å². The largest absolute Gasteiger partial charge is 0.344 e. The van der Waals surface area contributed by atoms with E-state index in [4.69, 9.17) is 0 Å². The Morgan fingerprint density at radius 2 is 1.52 bits per heavy atom. The van der Waals surface area contributed by atoms with Gasteiger partial charge in [-0.25, -0.2) is 0 Å². The number of hydrogen-bond acceptors (Lipinski definition) is 2. The van der Waals surface area contributed by atoms with Crippen molar-refractivity contribution in [3.8, 4) is 0 Å². The van der Waals surface area contributed by atoms with E-state index in [0.717, 1.165) is 48.3 Å². The molecule has 134 valence electrons. The predicted octanol–water partition coefficient (Wildman–Crippen LogP) is 3.65. The molecule has 1 atom stereocenters. The molecule has 2 amide bonds. The molecule has 4 aliphatic carbocycles. The molecule has 4 bridgehead atoms. The van der Waals surface area contributed by atoms with E-state index in [1.807, 2.05) is 31.2 Å². The van der Waals surface area contributed by atoms with E-state index in [0.29, 0.717) is 0 Å². The highest BCUT2D eigenvalue weighted by molar-refractivity contribution is 5.97. The van der Waals surface area contributed by atoms with Crippen molar-refractivity contribution in [1.29, 1.82) is 0 Å². The molecule has 4 fully saturated rings. The molecule has 0 radical (unpaired) electrons. The van der Waals surface area contributed by atoms with Crippen LogP contribution in [0.3, 0.4) is 0 Å². The standard InChI is InChI=1S/C21H28N2O2/c1-13-3-5-18(6-4-13)23-19(24)14(2)22-20(25)21-10-15-7-16(11-21)9-17(8-15)12-21/h3-6,14-17H,7-12H2,1-2H3,(H,22,25)(H,23,24)/t14-,15?,16?,17?,21?/m1/s1. The number of aryl methyl sites for hydroxylation is 1. The van der Waals surface area contributed by atoms with E-state index >= 15 is 0 Å². The zero-order valence-electron chi connectivity index (χ0n) is 15.2. The minimum Gasteiger partial charge on any atom is -0.344 e. The average Bonchev–Trinajstić information content (AvgIpc) is 2.55. The summed E-state index contributed by atoms with van der Waals surface area (Å²) in [6.45, 7) is 3.79. The molecule has 0 spiro atoms. The monoisotopic (exact) mass is 340 g/mol. The van der Waals surface area contributed by atoms with Crippen molar-refractivity contribution in [2.24, 2.45) is 23.2 Å². The summed E-state index contributed by atoms with van der Waals surface area (Å²) in [4.78, 5) is 25.5. The SMILES string of the molecule is Cc1ccc(NC(=O)[C@@H](C)NC(=O)C23CC4CC(CC(C4)C2)C3)cc1. The van der Waals surface area contributed by atoms with Crippen LogP contribution in [0.4, 0.5) is 5.69 Å². The third-order valence-electron chi connectivity index (χ3n) is 6.58. The number of carbonyl (C=O) groups excluding carboxylic acids is 2. The first kappa shape index (κ1) is 16.6. The maximum atomic E-state index is 13.0. The Hall–Kier alpha value is -1.84. The van der Waals surface area contributed by atoms with E-state index in [-0.39, 0.29) is 17.2 Å². The van der Waals surface area contributed by atoms with Crippen molar-refractivity contribution in [1.82, 2.24) is 5.32 Å². The quantitative estimate of drug-likeness (QED) is 0.879. The Morgan fingerprint density at radius 1 is 1.00 bits per heavy atom. The minimum atomic E-state index is -0.512. The van der Waals surface area contributed by atoms with Crippen LogP contribution in [-0.2, 0) is 9.59 Å². The Labute approximate surface area is 149 Å². The van der Waals surface area contributed by atoms with Crippen molar-refractivity contribution in [3.63, 3.8) is 0 Å². The van der Waals surface area contributed by atoms with Crippen LogP contribution in [0.25, 0.3) is 0 Å².